The van der Waals surface area contributed by atoms with Crippen molar-refractivity contribution in [1.82, 2.24) is 14.4 Å². The molecule has 0 atom stereocenters. The molecule has 0 radical (unpaired) electrons. The molecular formula is C18H21BrClN3O2. The predicted molar refractivity (Wildman–Crippen MR) is 104 cm³/mol. The number of halogens is 2. The molecule has 0 unspecified atom stereocenters. The van der Waals surface area contributed by atoms with Gasteiger partial charge < -0.3 is 14.4 Å². The average Bonchev–Trinajstić information content (AvgIpc) is 2.56. The van der Waals surface area contributed by atoms with Crippen LogP contribution in [0.1, 0.15) is 5.56 Å². The van der Waals surface area contributed by atoms with Crippen molar-refractivity contribution in [3.8, 4) is 0 Å². The summed E-state index contributed by atoms with van der Waals surface area (Å²) in [6.45, 7) is 1.82. The average molecular weight is 427 g/mol. The van der Waals surface area contributed by atoms with Crippen LogP contribution >= 0.6 is 27.5 Å². The zero-order chi connectivity index (χ0) is 18.4. The molecule has 7 heteroatoms. The van der Waals surface area contributed by atoms with Gasteiger partial charge in [0.05, 0.1) is 0 Å². The van der Waals surface area contributed by atoms with Crippen molar-refractivity contribution < 1.29 is 4.79 Å². The van der Waals surface area contributed by atoms with E-state index in [0.29, 0.717) is 18.1 Å². The summed E-state index contributed by atoms with van der Waals surface area (Å²) in [6.07, 6.45) is 1.63. The van der Waals surface area contributed by atoms with Crippen molar-refractivity contribution in [2.24, 2.45) is 0 Å². The van der Waals surface area contributed by atoms with Crippen LogP contribution in [-0.4, -0.2) is 47.5 Å². The molecular weight excluding hydrogens is 406 g/mol. The number of pyridine rings is 1. The SMILES string of the molecule is CN(C)CCN(Cc1ccc(Cl)cc1)C(=O)Cn1cc(Br)ccc1=O. The highest BCUT2D eigenvalue weighted by Crippen LogP contribution is 2.12. The standard InChI is InChI=1S/C18H21BrClN3O2/c1-21(2)9-10-22(11-14-3-6-16(20)7-4-14)18(25)13-23-12-15(19)5-8-17(23)24/h3-8,12H,9-11,13H2,1-2H3. The number of likely N-dealkylation sites (N-methyl/N-ethyl adjacent to an activating group) is 1. The van der Waals surface area contributed by atoms with Crippen LogP contribution < -0.4 is 5.56 Å². The number of nitrogens with zero attached hydrogens (tertiary/aromatic N) is 3. The Morgan fingerprint density at radius 1 is 1.12 bits per heavy atom. The second kappa shape index (κ2) is 9.17. The molecule has 1 aromatic heterocycles. The maximum Gasteiger partial charge on any atom is 0.251 e. The lowest BCUT2D eigenvalue weighted by atomic mass is 10.2. The summed E-state index contributed by atoms with van der Waals surface area (Å²) in [4.78, 5) is 28.5. The largest absolute Gasteiger partial charge is 0.336 e. The van der Waals surface area contributed by atoms with Crippen LogP contribution in [0, 0.1) is 0 Å². The molecule has 1 amide bonds. The summed E-state index contributed by atoms with van der Waals surface area (Å²) in [6, 6.07) is 10.5. The number of hydrogen-bond acceptors (Lipinski definition) is 3. The molecule has 0 N–H and O–H groups in total. The molecule has 1 aromatic carbocycles. The van der Waals surface area contributed by atoms with E-state index < -0.39 is 0 Å². The van der Waals surface area contributed by atoms with Crippen molar-refractivity contribution in [2.75, 3.05) is 27.2 Å². The molecule has 0 aliphatic heterocycles. The van der Waals surface area contributed by atoms with E-state index >= 15 is 0 Å². The summed E-state index contributed by atoms with van der Waals surface area (Å²) >= 11 is 9.25. The first-order chi connectivity index (χ1) is 11.8. The Kier molecular flexibility index (Phi) is 7.23. The number of carbonyl (C=O) groups is 1. The number of aromatic nitrogens is 1. The van der Waals surface area contributed by atoms with E-state index in [-0.39, 0.29) is 18.0 Å². The highest BCUT2D eigenvalue weighted by Gasteiger charge is 2.15. The third-order valence-corrected chi connectivity index (χ3v) is 4.43. The Hall–Kier alpha value is -1.63. The first-order valence-electron chi connectivity index (χ1n) is 7.88. The molecule has 0 spiro atoms. The Morgan fingerprint density at radius 2 is 1.80 bits per heavy atom. The van der Waals surface area contributed by atoms with Crippen molar-refractivity contribution >= 4 is 33.4 Å². The molecule has 134 valence electrons. The third kappa shape index (κ3) is 6.30. The van der Waals surface area contributed by atoms with Gasteiger partial charge in [-0.2, -0.15) is 0 Å². The van der Waals surface area contributed by atoms with E-state index in [9.17, 15) is 9.59 Å². The highest BCUT2D eigenvalue weighted by molar-refractivity contribution is 9.10. The van der Waals surface area contributed by atoms with Crippen LogP contribution in [-0.2, 0) is 17.9 Å². The van der Waals surface area contributed by atoms with Crippen molar-refractivity contribution in [2.45, 2.75) is 13.1 Å². The summed E-state index contributed by atoms with van der Waals surface area (Å²) in [5.74, 6) is -0.1000. The van der Waals surface area contributed by atoms with E-state index in [1.807, 2.05) is 43.3 Å². The molecule has 25 heavy (non-hydrogen) atoms. The van der Waals surface area contributed by atoms with Crippen LogP contribution in [0.4, 0.5) is 0 Å². The minimum absolute atomic E-state index is 0.0132. The van der Waals surface area contributed by atoms with Crippen LogP contribution in [0.2, 0.25) is 5.02 Å². The van der Waals surface area contributed by atoms with E-state index in [1.165, 1.54) is 10.6 Å². The van der Waals surface area contributed by atoms with Crippen molar-refractivity contribution in [3.05, 3.63) is 68.0 Å². The smallest absolute Gasteiger partial charge is 0.251 e. The van der Waals surface area contributed by atoms with Crippen molar-refractivity contribution in [3.63, 3.8) is 0 Å². The Bertz CT molecular complexity index is 775. The zero-order valence-electron chi connectivity index (χ0n) is 14.3. The molecule has 2 rings (SSSR count). The lowest BCUT2D eigenvalue weighted by Crippen LogP contribution is -2.39. The summed E-state index contributed by atoms with van der Waals surface area (Å²) in [5.41, 5.74) is 0.800. The van der Waals surface area contributed by atoms with Gasteiger partial charge in [-0.15, -0.1) is 0 Å². The van der Waals surface area contributed by atoms with Crippen LogP contribution in [0.3, 0.4) is 0 Å². The number of amides is 1. The predicted octanol–water partition coefficient (Wildman–Crippen LogP) is 2.85. The minimum Gasteiger partial charge on any atom is -0.336 e. The van der Waals surface area contributed by atoms with E-state index in [0.717, 1.165) is 16.6 Å². The van der Waals surface area contributed by atoms with E-state index in [1.54, 1.807) is 17.2 Å². The zero-order valence-corrected chi connectivity index (χ0v) is 16.6. The first-order valence-corrected chi connectivity index (χ1v) is 9.05. The number of carbonyl (C=O) groups excluding carboxylic acids is 1. The second-order valence-corrected chi connectivity index (χ2v) is 7.41. The minimum atomic E-state index is -0.199. The van der Waals surface area contributed by atoms with Gasteiger partial charge in [0.1, 0.15) is 6.54 Å². The molecule has 0 bridgehead atoms. The first kappa shape index (κ1) is 19.7. The summed E-state index contributed by atoms with van der Waals surface area (Å²) in [7, 11) is 3.92. The molecule has 0 saturated carbocycles. The van der Waals surface area contributed by atoms with E-state index in [4.69, 9.17) is 11.6 Å². The van der Waals surface area contributed by atoms with Gasteiger partial charge in [-0.1, -0.05) is 23.7 Å². The molecule has 1 heterocycles. The van der Waals surface area contributed by atoms with Crippen LogP contribution in [0.5, 0.6) is 0 Å². The molecule has 2 aromatic rings. The third-order valence-electron chi connectivity index (χ3n) is 3.71. The monoisotopic (exact) mass is 425 g/mol. The quantitative estimate of drug-likeness (QED) is 0.684. The highest BCUT2D eigenvalue weighted by atomic mass is 79.9. The Morgan fingerprint density at radius 3 is 2.44 bits per heavy atom. The summed E-state index contributed by atoms with van der Waals surface area (Å²) in [5, 5.41) is 0.663. The lowest BCUT2D eigenvalue weighted by Gasteiger charge is -2.25. The van der Waals surface area contributed by atoms with Gasteiger partial charge in [-0.05, 0) is 53.8 Å². The fourth-order valence-corrected chi connectivity index (χ4v) is 2.80. The van der Waals surface area contributed by atoms with Gasteiger partial charge in [-0.3, -0.25) is 9.59 Å². The maximum atomic E-state index is 12.8. The molecule has 5 nitrogen and oxygen atoms in total. The fourth-order valence-electron chi connectivity index (χ4n) is 2.29. The van der Waals surface area contributed by atoms with Gasteiger partial charge in [0.25, 0.3) is 5.56 Å². The molecule has 0 aliphatic carbocycles. The van der Waals surface area contributed by atoms with Gasteiger partial charge in [0, 0.05) is 41.4 Å². The Balaban J connectivity index is 2.15. The number of rotatable bonds is 7. The maximum absolute atomic E-state index is 12.8. The number of benzene rings is 1. The van der Waals surface area contributed by atoms with Crippen LogP contribution in [0.15, 0.2) is 51.9 Å². The lowest BCUT2D eigenvalue weighted by molar-refractivity contribution is -0.132. The topological polar surface area (TPSA) is 45.5 Å². The van der Waals surface area contributed by atoms with Gasteiger partial charge >= 0.3 is 0 Å². The molecule has 0 saturated heterocycles. The second-order valence-electron chi connectivity index (χ2n) is 6.06. The van der Waals surface area contributed by atoms with Crippen LogP contribution in [0.25, 0.3) is 0 Å². The van der Waals surface area contributed by atoms with Gasteiger partial charge in [0.15, 0.2) is 0 Å². The molecule has 0 fully saturated rings. The Labute approximate surface area is 160 Å². The molecule has 0 aliphatic rings. The number of hydrogen-bond donors (Lipinski definition) is 0. The van der Waals surface area contributed by atoms with Gasteiger partial charge in [0.2, 0.25) is 5.91 Å². The normalized spacial score (nSPS) is 10.9. The fraction of sp³-hybridized carbons (Fsp3) is 0.333. The van der Waals surface area contributed by atoms with Gasteiger partial charge in [-0.25, -0.2) is 0 Å². The van der Waals surface area contributed by atoms with E-state index in [2.05, 4.69) is 15.9 Å². The summed E-state index contributed by atoms with van der Waals surface area (Å²) < 4.78 is 2.18. The van der Waals surface area contributed by atoms with Crippen molar-refractivity contribution in [1.29, 1.82) is 0 Å².